The summed E-state index contributed by atoms with van der Waals surface area (Å²) < 4.78 is 4.49. The van der Waals surface area contributed by atoms with E-state index in [1.54, 1.807) is 6.08 Å². The average molecular weight is 1170 g/mol. The van der Waals surface area contributed by atoms with Crippen molar-refractivity contribution in [1.82, 2.24) is 24.1 Å². The van der Waals surface area contributed by atoms with E-state index < -0.39 is 0 Å². The van der Waals surface area contributed by atoms with Crippen LogP contribution in [0, 0.1) is 0 Å². The molecule has 91 heavy (non-hydrogen) atoms. The third kappa shape index (κ3) is 10.7. The van der Waals surface area contributed by atoms with Crippen molar-refractivity contribution in [2.24, 2.45) is 0 Å². The lowest BCUT2D eigenvalue weighted by Gasteiger charge is -2.34. The van der Waals surface area contributed by atoms with Crippen LogP contribution in [0.3, 0.4) is 0 Å². The van der Waals surface area contributed by atoms with Gasteiger partial charge in [0.1, 0.15) is 0 Å². The first-order chi connectivity index (χ1) is 45.0. The fourth-order valence-electron chi connectivity index (χ4n) is 12.9. The zero-order valence-corrected chi connectivity index (χ0v) is 50.3. The molecule has 0 N–H and O–H groups in total. The van der Waals surface area contributed by atoms with Crippen molar-refractivity contribution in [3.8, 4) is 23.3 Å². The van der Waals surface area contributed by atoms with Crippen LogP contribution in [0.25, 0.3) is 62.1 Å². The van der Waals surface area contributed by atoms with E-state index in [9.17, 15) is 0 Å². The quantitative estimate of drug-likeness (QED) is 0.0842. The maximum atomic E-state index is 5.74. The van der Waals surface area contributed by atoms with E-state index in [1.807, 2.05) is 30.4 Å². The third-order valence-electron chi connectivity index (χ3n) is 16.9. The largest absolute Gasteiger partial charge is 0.334 e. The van der Waals surface area contributed by atoms with Gasteiger partial charge in [-0.1, -0.05) is 189 Å². The van der Waals surface area contributed by atoms with Crippen molar-refractivity contribution in [1.29, 1.82) is 0 Å². The van der Waals surface area contributed by atoms with Crippen LogP contribution in [-0.2, 0) is 6.42 Å². The Labute approximate surface area is 530 Å². The SMILES string of the molecule is C=C/C=C\C=C(/C)N(c1ccccc1)c1ccc2c(c1)c1c(n2-c2nc(-c3ccccc3)nc(-n3c4ccc(N(c5ccccc5)c5ccccc5)cc4c4cc(N(c5ccccc5)c5ccccc5)ccc43)n2)C=CC(N(c2ccccc2)c2ccccc2)C1. The number of allylic oxidation sites excluding steroid dienone is 5. The first-order valence-electron chi connectivity index (χ1n) is 30.8. The number of nitrogens with zero attached hydrogens (tertiary/aromatic N) is 9. The maximum absolute atomic E-state index is 5.74. The number of aromatic nitrogens is 5. The van der Waals surface area contributed by atoms with Gasteiger partial charge in [0.05, 0.1) is 28.3 Å². The smallest absolute Gasteiger partial charge is 0.240 e. The summed E-state index contributed by atoms with van der Waals surface area (Å²) in [5, 5.41) is 3.17. The molecule has 9 heteroatoms. The Hall–Kier alpha value is -12.1. The van der Waals surface area contributed by atoms with Gasteiger partial charge in [-0.05, 0) is 171 Å². The highest BCUT2D eigenvalue weighted by atomic mass is 15.3. The highest BCUT2D eigenvalue weighted by Crippen LogP contribution is 2.45. The van der Waals surface area contributed by atoms with Gasteiger partial charge in [-0.15, -0.1) is 0 Å². The molecule has 15 rings (SSSR count). The minimum atomic E-state index is -0.0449. The van der Waals surface area contributed by atoms with Gasteiger partial charge in [0.2, 0.25) is 11.9 Å². The van der Waals surface area contributed by atoms with Crippen molar-refractivity contribution in [2.45, 2.75) is 19.4 Å². The highest BCUT2D eigenvalue weighted by molar-refractivity contribution is 6.12. The van der Waals surface area contributed by atoms with Crippen molar-refractivity contribution in [3.63, 3.8) is 0 Å². The predicted molar refractivity (Wildman–Crippen MR) is 379 cm³/mol. The minimum absolute atomic E-state index is 0.0449. The Morgan fingerprint density at radius 1 is 0.407 bits per heavy atom. The molecule has 0 spiro atoms. The standard InChI is InChI=1S/C82H63N9/c1-3-4-13-30-59(2)86(61-33-16-6-17-34-61)68-47-51-76-72(55-68)73-56-69(87(62-35-18-7-19-36-62)63-37-20-8-21-38-63)48-52-77(73)90(76)81-83-80(60-31-14-5-15-32-60)84-82(85-81)91-78-53-49-70(88(64-39-22-9-23-40-64)65-41-24-10-25-42-65)57-74(78)75-58-71(50-54-79(75)91)89(66-43-26-11-27-44-66)67-45-28-12-29-46-67/h3-55,57-58,69H,1,56H2,2H3/b13-4-,59-30+. The number of para-hydroxylation sites is 7. The molecule has 3 aromatic heterocycles. The summed E-state index contributed by atoms with van der Waals surface area (Å²) in [5.74, 6) is 1.54. The number of hydrogen-bond donors (Lipinski definition) is 0. The fourth-order valence-corrected chi connectivity index (χ4v) is 12.9. The molecule has 0 fully saturated rings. The Morgan fingerprint density at radius 2 is 0.802 bits per heavy atom. The molecule has 1 aliphatic carbocycles. The zero-order valence-electron chi connectivity index (χ0n) is 50.3. The third-order valence-corrected chi connectivity index (χ3v) is 16.9. The van der Waals surface area contributed by atoms with E-state index in [0.717, 1.165) is 107 Å². The lowest BCUT2D eigenvalue weighted by Crippen LogP contribution is -2.33. The topological polar surface area (TPSA) is 61.5 Å². The van der Waals surface area contributed by atoms with Crippen molar-refractivity contribution in [3.05, 3.63) is 351 Å². The molecule has 9 nitrogen and oxygen atoms in total. The average Bonchev–Trinajstić information content (AvgIpc) is 1.61. The molecule has 1 unspecified atom stereocenters. The number of hydrogen-bond acceptors (Lipinski definition) is 7. The van der Waals surface area contributed by atoms with Crippen molar-refractivity contribution >= 4 is 95.7 Å². The Balaban J connectivity index is 0.981. The lowest BCUT2D eigenvalue weighted by molar-refractivity contribution is 0.763. The van der Waals surface area contributed by atoms with Gasteiger partial charge in [0.15, 0.2) is 5.82 Å². The molecule has 0 saturated carbocycles. The van der Waals surface area contributed by atoms with Crippen LogP contribution in [0.4, 0.5) is 56.9 Å². The van der Waals surface area contributed by atoms with Crippen LogP contribution in [0.5, 0.6) is 0 Å². The molecule has 436 valence electrons. The van der Waals surface area contributed by atoms with Crippen LogP contribution < -0.4 is 19.6 Å². The molecule has 3 heterocycles. The highest BCUT2D eigenvalue weighted by Gasteiger charge is 2.31. The lowest BCUT2D eigenvalue weighted by atomic mass is 9.94. The molecule has 0 aliphatic heterocycles. The number of rotatable bonds is 17. The summed E-state index contributed by atoms with van der Waals surface area (Å²) in [4.78, 5) is 26.2. The molecule has 0 amide bonds. The van der Waals surface area contributed by atoms with E-state index in [1.165, 1.54) is 5.56 Å². The van der Waals surface area contributed by atoms with Gasteiger partial charge in [-0.2, -0.15) is 15.0 Å². The molecular weight excluding hydrogens is 1110 g/mol. The van der Waals surface area contributed by atoms with Crippen molar-refractivity contribution < 1.29 is 0 Å². The number of fused-ring (bicyclic) bond motifs is 6. The van der Waals surface area contributed by atoms with E-state index in [-0.39, 0.29) is 6.04 Å². The molecule has 0 radical (unpaired) electrons. The fraction of sp³-hybridized carbons (Fsp3) is 0.0366. The zero-order chi connectivity index (χ0) is 61.0. The van der Waals surface area contributed by atoms with Crippen LogP contribution in [0.2, 0.25) is 0 Å². The Bertz CT molecular complexity index is 4730. The molecular formula is C82H63N9. The first kappa shape index (κ1) is 55.5. The molecule has 1 atom stereocenters. The predicted octanol–water partition coefficient (Wildman–Crippen LogP) is 21.1. The van der Waals surface area contributed by atoms with Gasteiger partial charge in [-0.3, -0.25) is 9.13 Å². The van der Waals surface area contributed by atoms with E-state index >= 15 is 0 Å². The maximum Gasteiger partial charge on any atom is 0.240 e. The summed E-state index contributed by atoms with van der Waals surface area (Å²) in [5.41, 5.74) is 17.5. The van der Waals surface area contributed by atoms with Gasteiger partial charge in [0.25, 0.3) is 0 Å². The van der Waals surface area contributed by atoms with Crippen LogP contribution >= 0.6 is 0 Å². The van der Waals surface area contributed by atoms with Crippen LogP contribution in [0.1, 0.15) is 18.2 Å². The molecule has 1 aliphatic rings. The van der Waals surface area contributed by atoms with Crippen molar-refractivity contribution in [2.75, 3.05) is 19.6 Å². The second kappa shape index (κ2) is 24.6. The van der Waals surface area contributed by atoms with Crippen LogP contribution in [-0.4, -0.2) is 30.1 Å². The Morgan fingerprint density at radius 3 is 1.26 bits per heavy atom. The summed E-state index contributed by atoms with van der Waals surface area (Å²) in [6.07, 6.45) is 13.3. The van der Waals surface area contributed by atoms with Crippen LogP contribution in [0.15, 0.2) is 340 Å². The normalized spacial score (nSPS) is 13.0. The number of anilines is 10. The molecule has 14 aromatic rings. The second-order valence-corrected chi connectivity index (χ2v) is 22.5. The minimum Gasteiger partial charge on any atom is -0.334 e. The van der Waals surface area contributed by atoms with E-state index in [2.05, 4.69) is 340 Å². The van der Waals surface area contributed by atoms with Gasteiger partial charge < -0.3 is 19.6 Å². The summed E-state index contributed by atoms with van der Waals surface area (Å²) >= 11 is 0. The second-order valence-electron chi connectivity index (χ2n) is 22.5. The summed E-state index contributed by atoms with van der Waals surface area (Å²) in [7, 11) is 0. The Kier molecular flexibility index (Phi) is 15.0. The van der Waals surface area contributed by atoms with Gasteiger partial charge in [0, 0.05) is 84.3 Å². The molecule has 0 bridgehead atoms. The molecule has 11 aromatic carbocycles. The monoisotopic (exact) mass is 1170 g/mol. The van der Waals surface area contributed by atoms with Gasteiger partial charge in [-0.25, -0.2) is 0 Å². The van der Waals surface area contributed by atoms with E-state index in [0.29, 0.717) is 24.1 Å². The molecule has 0 saturated heterocycles. The van der Waals surface area contributed by atoms with E-state index in [4.69, 9.17) is 15.0 Å². The summed E-state index contributed by atoms with van der Waals surface area (Å²) in [6.45, 7) is 6.10. The first-order valence-corrected chi connectivity index (χ1v) is 30.8. The van der Waals surface area contributed by atoms with Gasteiger partial charge >= 0.3 is 0 Å². The summed E-state index contributed by atoms with van der Waals surface area (Å²) in [6, 6.07) is 105. The number of benzene rings is 11.